The summed E-state index contributed by atoms with van der Waals surface area (Å²) in [5, 5.41) is 0. The van der Waals surface area contributed by atoms with Crippen molar-refractivity contribution < 1.29 is 53.8 Å². The molecule has 5 rings (SSSR count). The van der Waals surface area contributed by atoms with Crippen molar-refractivity contribution >= 4 is 11.1 Å². The molecule has 0 saturated carbocycles. The molecule has 2 heteroatoms. The summed E-state index contributed by atoms with van der Waals surface area (Å²) in [4.78, 5) is 0. The van der Waals surface area contributed by atoms with Gasteiger partial charge in [-0.25, -0.2) is 18.1 Å². The Morgan fingerprint density at radius 2 is 1.15 bits per heavy atom. The van der Waals surface area contributed by atoms with Crippen LogP contribution in [0, 0.1) is 33.1 Å². The van der Waals surface area contributed by atoms with Crippen LogP contribution in [0.4, 0.5) is 0 Å². The van der Waals surface area contributed by atoms with E-state index in [9.17, 15) is 0 Å². The van der Waals surface area contributed by atoms with Crippen LogP contribution in [-0.4, -0.2) is 0 Å². The van der Waals surface area contributed by atoms with Crippen LogP contribution >= 0.6 is 0 Å². The van der Waals surface area contributed by atoms with Gasteiger partial charge in [0.05, 0.1) is 0 Å². The first-order valence-electron chi connectivity index (χ1n) is 14.3. The molecule has 0 saturated heterocycles. The Kier molecular flexibility index (Phi) is 20.7. The smallest absolute Gasteiger partial charge is 0.358 e. The topological polar surface area (TPSA) is 0 Å². The van der Waals surface area contributed by atoms with E-state index in [0.717, 1.165) is 32.1 Å². The van der Waals surface area contributed by atoms with Gasteiger partial charge in [0.25, 0.3) is 0 Å². The van der Waals surface area contributed by atoms with Crippen LogP contribution in [0.1, 0.15) is 102 Å². The average Bonchev–Trinajstić information content (AvgIpc) is 3.57. The SMILES string of the molecule is CC.CC.C[CH-]C1=CC=C(c2ccc3c(c2)CCc2ccc(C4=CC=C(C(C)C(C)C)C4)cc2C3)C1.[CH3-].[CH3-].[W].[Y+3]. The number of hydrogen-bond acceptors (Lipinski definition) is 0. The fraction of sp³-hybridized carbons (Fsp3) is 0.395. The summed E-state index contributed by atoms with van der Waals surface area (Å²) in [6.45, 7) is 17.2. The normalized spacial score (nSPS) is 14.9. The first-order chi connectivity index (χ1) is 17.5. The van der Waals surface area contributed by atoms with Crippen LogP contribution < -0.4 is 0 Å². The summed E-state index contributed by atoms with van der Waals surface area (Å²) in [5.74, 6) is 1.35. The third kappa shape index (κ3) is 9.82. The first kappa shape index (κ1) is 41.2. The number of hydrogen-bond donors (Lipinski definition) is 0. The molecule has 0 aliphatic heterocycles. The predicted molar refractivity (Wildman–Crippen MR) is 174 cm³/mol. The molecule has 1 unspecified atom stereocenters. The second-order valence-corrected chi connectivity index (χ2v) is 10.2. The standard InChI is InChI=1S/C32H35.2C2H6.2CH3.W.Y/c1-5-23-6-7-26(16-23)28-14-15-31-20-32-19-30(12-9-24(32)8-11-29(31)18-28)27-13-10-25(17-27)22(4)21(2)3;2*1-2;;;;/h5-7,9-10,12-15,18-19,21-22H,8,11,16-17,20H2,1-4H3;2*1-2H3;2*1H3;;/q-1;;;2*-1;;+3. The molecule has 3 aliphatic rings. The number of aryl methyl sites for hydroxylation is 2. The van der Waals surface area contributed by atoms with E-state index in [1.807, 2.05) is 27.7 Å². The Morgan fingerprint density at radius 3 is 1.73 bits per heavy atom. The molecule has 0 amide bonds. The van der Waals surface area contributed by atoms with E-state index in [-0.39, 0.29) is 68.6 Å². The number of benzene rings is 2. The van der Waals surface area contributed by atoms with Crippen LogP contribution in [-0.2, 0) is 73.0 Å². The molecule has 0 bridgehead atoms. The van der Waals surface area contributed by atoms with Gasteiger partial charge in [-0.05, 0) is 82.9 Å². The molecule has 0 N–H and O–H groups in total. The van der Waals surface area contributed by atoms with Crippen molar-refractivity contribution in [3.8, 4) is 0 Å². The Hall–Kier alpha value is -0.938. The third-order valence-corrected chi connectivity index (χ3v) is 7.94. The number of fused-ring (bicyclic) bond motifs is 2. The van der Waals surface area contributed by atoms with Gasteiger partial charge in [-0.1, -0.05) is 108 Å². The fourth-order valence-corrected chi connectivity index (χ4v) is 5.37. The maximum atomic E-state index is 2.48. The Morgan fingerprint density at radius 1 is 0.625 bits per heavy atom. The Labute approximate surface area is 288 Å². The molecular weight excluding hydrogens is 729 g/mol. The van der Waals surface area contributed by atoms with Gasteiger partial charge in [-0.2, -0.15) is 0 Å². The van der Waals surface area contributed by atoms with Crippen LogP contribution in [0.3, 0.4) is 0 Å². The predicted octanol–water partition coefficient (Wildman–Crippen LogP) is 11.3. The van der Waals surface area contributed by atoms with Gasteiger partial charge in [-0.15, -0.1) is 13.0 Å². The molecule has 0 radical (unpaired) electrons. The summed E-state index contributed by atoms with van der Waals surface area (Å²) >= 11 is 0. The number of rotatable bonds is 5. The van der Waals surface area contributed by atoms with Gasteiger partial charge in [0, 0.05) is 21.1 Å². The second kappa shape index (κ2) is 20.1. The maximum absolute atomic E-state index is 2.48. The minimum atomic E-state index is 0. The van der Waals surface area contributed by atoms with Crippen molar-refractivity contribution in [3.05, 3.63) is 127 Å². The number of allylic oxidation sites excluding steroid dienone is 8. The molecular formula is C38H53WY. The average molecular weight is 783 g/mol. The summed E-state index contributed by atoms with van der Waals surface area (Å²) in [6, 6.07) is 14.4. The summed E-state index contributed by atoms with van der Waals surface area (Å²) in [6.07, 6.45) is 17.0. The van der Waals surface area contributed by atoms with E-state index in [1.165, 1.54) is 50.1 Å². The summed E-state index contributed by atoms with van der Waals surface area (Å²) < 4.78 is 0. The first-order valence-corrected chi connectivity index (χ1v) is 14.3. The van der Waals surface area contributed by atoms with Crippen molar-refractivity contribution in [1.82, 2.24) is 0 Å². The van der Waals surface area contributed by atoms with E-state index in [1.54, 1.807) is 5.57 Å². The molecule has 3 aliphatic carbocycles. The van der Waals surface area contributed by atoms with Crippen LogP contribution in [0.15, 0.2) is 71.8 Å². The molecule has 0 heterocycles. The fourth-order valence-electron chi connectivity index (χ4n) is 5.37. The van der Waals surface area contributed by atoms with Crippen LogP contribution in [0.5, 0.6) is 0 Å². The van der Waals surface area contributed by atoms with Crippen LogP contribution in [0.25, 0.3) is 11.1 Å². The van der Waals surface area contributed by atoms with Crippen LogP contribution in [0.2, 0.25) is 0 Å². The van der Waals surface area contributed by atoms with Crippen molar-refractivity contribution in [2.75, 3.05) is 0 Å². The van der Waals surface area contributed by atoms with Gasteiger partial charge < -0.3 is 14.9 Å². The Balaban J connectivity index is 0. The molecule has 1 atom stereocenters. The van der Waals surface area contributed by atoms with Crippen molar-refractivity contribution in [2.24, 2.45) is 11.8 Å². The second-order valence-electron chi connectivity index (χ2n) is 10.2. The van der Waals surface area contributed by atoms with Crippen molar-refractivity contribution in [1.29, 1.82) is 0 Å². The van der Waals surface area contributed by atoms with E-state index in [4.69, 9.17) is 0 Å². The van der Waals surface area contributed by atoms with E-state index in [2.05, 4.69) is 94.8 Å². The summed E-state index contributed by atoms with van der Waals surface area (Å²) in [5.41, 5.74) is 14.9. The molecule has 2 aromatic rings. The van der Waals surface area contributed by atoms with Crippen molar-refractivity contribution in [3.63, 3.8) is 0 Å². The van der Waals surface area contributed by atoms with Crippen molar-refractivity contribution in [2.45, 2.75) is 87.5 Å². The molecule has 0 spiro atoms. The minimum absolute atomic E-state index is 0. The molecule has 0 aromatic heterocycles. The monoisotopic (exact) mass is 782 g/mol. The van der Waals surface area contributed by atoms with Gasteiger partial charge >= 0.3 is 32.7 Å². The van der Waals surface area contributed by atoms with E-state index in [0.29, 0.717) is 11.8 Å². The Bertz CT molecular complexity index is 1180. The van der Waals surface area contributed by atoms with Gasteiger partial charge in [-0.3, -0.25) is 0 Å². The molecule has 0 nitrogen and oxygen atoms in total. The van der Waals surface area contributed by atoms with Gasteiger partial charge in [0.15, 0.2) is 0 Å². The summed E-state index contributed by atoms with van der Waals surface area (Å²) in [7, 11) is 0. The molecule has 0 fully saturated rings. The van der Waals surface area contributed by atoms with E-state index < -0.39 is 0 Å². The zero-order valence-electron chi connectivity index (χ0n) is 27.0. The molecule has 40 heavy (non-hydrogen) atoms. The van der Waals surface area contributed by atoms with Gasteiger partial charge in [0.2, 0.25) is 0 Å². The quantitative estimate of drug-likeness (QED) is 0.265. The third-order valence-electron chi connectivity index (χ3n) is 7.94. The zero-order valence-corrected chi connectivity index (χ0v) is 32.8. The van der Waals surface area contributed by atoms with Gasteiger partial charge in [0.1, 0.15) is 0 Å². The molecule has 214 valence electrons. The zero-order chi connectivity index (χ0) is 26.2. The minimum Gasteiger partial charge on any atom is -0.358 e. The maximum Gasteiger partial charge on any atom is 3.00 e. The largest absolute Gasteiger partial charge is 3.00 e. The van der Waals surface area contributed by atoms with E-state index >= 15 is 0 Å². The molecule has 2 aromatic carbocycles.